The second-order valence-corrected chi connectivity index (χ2v) is 4.65. The van der Waals surface area contributed by atoms with E-state index in [0.717, 1.165) is 36.5 Å². The lowest BCUT2D eigenvalue weighted by Crippen LogP contribution is -2.17. The zero-order valence-corrected chi connectivity index (χ0v) is 11.4. The number of aryl methyl sites for hydroxylation is 1. The van der Waals surface area contributed by atoms with E-state index in [9.17, 15) is 4.79 Å². The van der Waals surface area contributed by atoms with Crippen molar-refractivity contribution in [2.24, 2.45) is 7.05 Å². The Morgan fingerprint density at radius 3 is 2.60 bits per heavy atom. The van der Waals surface area contributed by atoms with Crippen molar-refractivity contribution in [2.45, 2.75) is 19.4 Å². The smallest absolute Gasteiger partial charge is 0.307 e. The molecule has 0 saturated carbocycles. The van der Waals surface area contributed by atoms with Gasteiger partial charge in [0.1, 0.15) is 6.33 Å². The summed E-state index contributed by atoms with van der Waals surface area (Å²) < 4.78 is 1.69. The van der Waals surface area contributed by atoms with E-state index in [1.54, 1.807) is 11.0 Å². The minimum Gasteiger partial charge on any atom is -0.481 e. The molecule has 0 unspecified atom stereocenters. The number of aromatic nitrogens is 3. The van der Waals surface area contributed by atoms with Crippen LogP contribution in [-0.2, 0) is 31.2 Å². The van der Waals surface area contributed by atoms with Crippen molar-refractivity contribution in [2.75, 3.05) is 6.54 Å². The first-order valence-electron chi connectivity index (χ1n) is 6.48. The maximum atomic E-state index is 10.6. The fourth-order valence-electron chi connectivity index (χ4n) is 1.88. The topological polar surface area (TPSA) is 80.0 Å². The minimum absolute atomic E-state index is 0.0685. The van der Waals surface area contributed by atoms with E-state index in [1.807, 2.05) is 31.3 Å². The second-order valence-electron chi connectivity index (χ2n) is 4.65. The Bertz CT molecular complexity index is 563. The Morgan fingerprint density at radius 1 is 1.30 bits per heavy atom. The number of carboxylic acids is 1. The molecule has 0 atom stereocenters. The largest absolute Gasteiger partial charge is 0.481 e. The fourth-order valence-corrected chi connectivity index (χ4v) is 1.88. The molecule has 0 aliphatic carbocycles. The van der Waals surface area contributed by atoms with Gasteiger partial charge in [-0.1, -0.05) is 24.3 Å². The number of aliphatic carboxylic acids is 1. The fraction of sp³-hybridized carbons (Fsp3) is 0.357. The van der Waals surface area contributed by atoms with Crippen molar-refractivity contribution >= 4 is 5.97 Å². The lowest BCUT2D eigenvalue weighted by atomic mass is 10.1. The van der Waals surface area contributed by atoms with Gasteiger partial charge in [-0.15, -0.1) is 0 Å². The standard InChI is InChI=1S/C14H18N4O2/c1-18-10-16-13(17-18)6-7-15-9-12-4-2-11(3-5-12)8-14(19)20/h2-5,10,15H,6-9H2,1H3,(H,19,20). The van der Waals surface area contributed by atoms with Crippen LogP contribution in [0.2, 0.25) is 0 Å². The normalized spacial score (nSPS) is 10.7. The molecule has 1 heterocycles. The van der Waals surface area contributed by atoms with Gasteiger partial charge in [0.15, 0.2) is 5.82 Å². The number of hydrogen-bond acceptors (Lipinski definition) is 4. The zero-order valence-electron chi connectivity index (χ0n) is 11.4. The highest BCUT2D eigenvalue weighted by molar-refractivity contribution is 5.70. The summed E-state index contributed by atoms with van der Waals surface area (Å²) in [4.78, 5) is 14.7. The predicted molar refractivity (Wildman–Crippen MR) is 74.2 cm³/mol. The summed E-state index contributed by atoms with van der Waals surface area (Å²) in [7, 11) is 1.85. The van der Waals surface area contributed by atoms with Crippen LogP contribution in [0.15, 0.2) is 30.6 Å². The molecule has 0 saturated heterocycles. The number of benzene rings is 1. The molecule has 6 nitrogen and oxygen atoms in total. The van der Waals surface area contributed by atoms with Gasteiger partial charge in [0.25, 0.3) is 0 Å². The monoisotopic (exact) mass is 274 g/mol. The van der Waals surface area contributed by atoms with Crippen molar-refractivity contribution in [3.8, 4) is 0 Å². The van der Waals surface area contributed by atoms with Gasteiger partial charge in [0, 0.05) is 26.6 Å². The number of nitrogens with one attached hydrogen (secondary N) is 1. The molecule has 2 N–H and O–H groups in total. The number of carbonyl (C=O) groups is 1. The van der Waals surface area contributed by atoms with E-state index in [0.29, 0.717) is 0 Å². The third-order valence-electron chi connectivity index (χ3n) is 2.88. The average molecular weight is 274 g/mol. The summed E-state index contributed by atoms with van der Waals surface area (Å²) in [5, 5.41) is 16.2. The van der Waals surface area contributed by atoms with Crippen LogP contribution >= 0.6 is 0 Å². The maximum Gasteiger partial charge on any atom is 0.307 e. The van der Waals surface area contributed by atoms with Crippen LogP contribution < -0.4 is 5.32 Å². The number of nitrogens with zero attached hydrogens (tertiary/aromatic N) is 3. The van der Waals surface area contributed by atoms with E-state index >= 15 is 0 Å². The second kappa shape index (κ2) is 6.81. The summed E-state index contributed by atoms with van der Waals surface area (Å²) in [6.45, 7) is 1.56. The highest BCUT2D eigenvalue weighted by Crippen LogP contribution is 2.05. The predicted octanol–water partition coefficient (Wildman–Crippen LogP) is 0.774. The Labute approximate surface area is 117 Å². The molecule has 2 rings (SSSR count). The lowest BCUT2D eigenvalue weighted by molar-refractivity contribution is -0.136. The number of hydrogen-bond donors (Lipinski definition) is 2. The van der Waals surface area contributed by atoms with Gasteiger partial charge in [0.05, 0.1) is 6.42 Å². The van der Waals surface area contributed by atoms with Crippen LogP contribution in [0.1, 0.15) is 17.0 Å². The summed E-state index contributed by atoms with van der Waals surface area (Å²) in [6.07, 6.45) is 2.55. The average Bonchev–Trinajstić information content (AvgIpc) is 2.82. The molecule has 2 aromatic rings. The van der Waals surface area contributed by atoms with Crippen molar-refractivity contribution in [3.05, 3.63) is 47.5 Å². The zero-order chi connectivity index (χ0) is 14.4. The molecular formula is C14H18N4O2. The third-order valence-corrected chi connectivity index (χ3v) is 2.88. The van der Waals surface area contributed by atoms with E-state index in [1.165, 1.54) is 0 Å². The first-order chi connectivity index (χ1) is 9.63. The van der Waals surface area contributed by atoms with Crippen molar-refractivity contribution in [3.63, 3.8) is 0 Å². The Morgan fingerprint density at radius 2 is 2.00 bits per heavy atom. The Hall–Kier alpha value is -2.21. The van der Waals surface area contributed by atoms with Crippen molar-refractivity contribution < 1.29 is 9.90 Å². The molecule has 20 heavy (non-hydrogen) atoms. The maximum absolute atomic E-state index is 10.6. The van der Waals surface area contributed by atoms with Gasteiger partial charge in [-0.05, 0) is 11.1 Å². The molecule has 0 radical (unpaired) electrons. The summed E-state index contributed by atoms with van der Waals surface area (Å²) >= 11 is 0. The van der Waals surface area contributed by atoms with Crippen LogP contribution in [0.4, 0.5) is 0 Å². The van der Waals surface area contributed by atoms with Gasteiger partial charge in [0.2, 0.25) is 0 Å². The Balaban J connectivity index is 1.72. The van der Waals surface area contributed by atoms with Gasteiger partial charge < -0.3 is 10.4 Å². The van der Waals surface area contributed by atoms with Crippen LogP contribution in [-0.4, -0.2) is 32.4 Å². The van der Waals surface area contributed by atoms with Crippen molar-refractivity contribution in [1.29, 1.82) is 0 Å². The van der Waals surface area contributed by atoms with E-state index < -0.39 is 5.97 Å². The van der Waals surface area contributed by atoms with Crippen LogP contribution in [0.3, 0.4) is 0 Å². The molecule has 0 fully saturated rings. The van der Waals surface area contributed by atoms with Crippen LogP contribution in [0, 0.1) is 0 Å². The molecule has 0 bridgehead atoms. The van der Waals surface area contributed by atoms with Gasteiger partial charge in [-0.3, -0.25) is 9.48 Å². The summed E-state index contributed by atoms with van der Waals surface area (Å²) in [6, 6.07) is 7.60. The molecule has 1 aromatic carbocycles. The molecule has 106 valence electrons. The van der Waals surface area contributed by atoms with Gasteiger partial charge >= 0.3 is 5.97 Å². The highest BCUT2D eigenvalue weighted by atomic mass is 16.4. The van der Waals surface area contributed by atoms with Crippen molar-refractivity contribution in [1.82, 2.24) is 20.1 Å². The van der Waals surface area contributed by atoms with E-state index in [-0.39, 0.29) is 6.42 Å². The molecule has 0 aliphatic rings. The number of carboxylic acid groups (broad SMARTS) is 1. The van der Waals surface area contributed by atoms with E-state index in [2.05, 4.69) is 15.4 Å². The molecule has 0 amide bonds. The first kappa shape index (κ1) is 14.2. The first-order valence-corrected chi connectivity index (χ1v) is 6.48. The van der Waals surface area contributed by atoms with E-state index in [4.69, 9.17) is 5.11 Å². The van der Waals surface area contributed by atoms with Crippen LogP contribution in [0.5, 0.6) is 0 Å². The number of rotatable bonds is 7. The Kier molecular flexibility index (Phi) is 4.84. The molecule has 1 aromatic heterocycles. The quantitative estimate of drug-likeness (QED) is 0.729. The third kappa shape index (κ3) is 4.47. The van der Waals surface area contributed by atoms with Gasteiger partial charge in [-0.25, -0.2) is 4.98 Å². The molecule has 0 spiro atoms. The summed E-state index contributed by atoms with van der Waals surface area (Å²) in [5.74, 6) is 0.0237. The molecular weight excluding hydrogens is 256 g/mol. The molecule has 0 aliphatic heterocycles. The van der Waals surface area contributed by atoms with Gasteiger partial charge in [-0.2, -0.15) is 5.10 Å². The highest BCUT2D eigenvalue weighted by Gasteiger charge is 2.01. The minimum atomic E-state index is -0.807. The lowest BCUT2D eigenvalue weighted by Gasteiger charge is -2.04. The SMILES string of the molecule is Cn1cnc(CCNCc2ccc(CC(=O)O)cc2)n1. The molecule has 6 heteroatoms. The van der Waals surface area contributed by atoms with Crippen LogP contribution in [0.25, 0.3) is 0 Å². The summed E-state index contributed by atoms with van der Waals surface area (Å²) in [5.41, 5.74) is 1.95.